The van der Waals surface area contributed by atoms with Crippen LogP contribution in [0, 0.1) is 6.92 Å². The fourth-order valence-electron chi connectivity index (χ4n) is 3.71. The maximum absolute atomic E-state index is 12.5. The van der Waals surface area contributed by atoms with E-state index in [-0.39, 0.29) is 17.9 Å². The molecule has 0 aliphatic carbocycles. The number of nitrogens with zero attached hydrogens (tertiary/aromatic N) is 4. The summed E-state index contributed by atoms with van der Waals surface area (Å²) in [5.41, 5.74) is 3.10. The van der Waals surface area contributed by atoms with Gasteiger partial charge in [0.2, 0.25) is 5.91 Å². The normalized spacial score (nSPS) is 20.1. The smallest absolute Gasteiger partial charge is 0.251 e. The van der Waals surface area contributed by atoms with Gasteiger partial charge in [0.25, 0.3) is 5.91 Å². The number of carbonyl (C=O) groups excluding carboxylic acids is 2. The zero-order chi connectivity index (χ0) is 19.5. The van der Waals surface area contributed by atoms with Crippen LogP contribution in [0.4, 0.5) is 0 Å². The highest BCUT2D eigenvalue weighted by Crippen LogP contribution is 2.17. The van der Waals surface area contributed by atoms with Crippen LogP contribution in [0.1, 0.15) is 24.1 Å². The Kier molecular flexibility index (Phi) is 5.87. The van der Waals surface area contributed by atoms with Gasteiger partial charge in [0.05, 0.1) is 11.4 Å². The zero-order valence-corrected chi connectivity index (χ0v) is 17.0. The Morgan fingerprint density at radius 3 is 2.71 bits per heavy atom. The lowest BCUT2D eigenvalue weighted by atomic mass is 10.2. The number of hydrogen-bond donors (Lipinski definition) is 0. The van der Waals surface area contributed by atoms with Crippen molar-refractivity contribution in [1.29, 1.82) is 0 Å². The first-order valence-corrected chi connectivity index (χ1v) is 11.0. The van der Waals surface area contributed by atoms with Crippen LogP contribution in [-0.2, 0) is 20.1 Å². The molecule has 2 aliphatic rings. The van der Waals surface area contributed by atoms with Crippen LogP contribution in [0.15, 0.2) is 24.5 Å². The summed E-state index contributed by atoms with van der Waals surface area (Å²) in [4.78, 5) is 33.2. The van der Waals surface area contributed by atoms with Crippen LogP contribution < -0.4 is 0 Å². The Morgan fingerprint density at radius 2 is 1.96 bits per heavy atom. The van der Waals surface area contributed by atoms with Gasteiger partial charge in [0, 0.05) is 50.9 Å². The minimum atomic E-state index is -0.271. The number of ether oxygens (including phenoxy) is 1. The van der Waals surface area contributed by atoms with Crippen molar-refractivity contribution in [3.8, 4) is 0 Å². The quantitative estimate of drug-likeness (QED) is 0.762. The second-order valence-corrected chi connectivity index (χ2v) is 8.39. The van der Waals surface area contributed by atoms with Crippen LogP contribution >= 0.6 is 11.8 Å². The van der Waals surface area contributed by atoms with E-state index in [9.17, 15) is 9.59 Å². The van der Waals surface area contributed by atoms with E-state index in [4.69, 9.17) is 4.74 Å². The average Bonchev–Trinajstić information content (AvgIpc) is 3.37. The zero-order valence-electron chi connectivity index (χ0n) is 16.2. The van der Waals surface area contributed by atoms with E-state index in [2.05, 4.69) is 18.1 Å². The molecule has 1 atom stereocenters. The summed E-state index contributed by atoms with van der Waals surface area (Å²) in [6.45, 7) is 5.14. The second kappa shape index (κ2) is 8.53. The summed E-state index contributed by atoms with van der Waals surface area (Å²) in [7, 11) is 0. The van der Waals surface area contributed by atoms with E-state index in [1.54, 1.807) is 11.8 Å². The number of pyridine rings is 1. The van der Waals surface area contributed by atoms with E-state index in [0.29, 0.717) is 44.3 Å². The van der Waals surface area contributed by atoms with Gasteiger partial charge in [-0.05, 0) is 31.4 Å². The summed E-state index contributed by atoms with van der Waals surface area (Å²) in [5.74, 6) is 1.37. The maximum Gasteiger partial charge on any atom is 0.251 e. The monoisotopic (exact) mass is 402 g/mol. The van der Waals surface area contributed by atoms with Crippen molar-refractivity contribution in [3.63, 3.8) is 0 Å². The van der Waals surface area contributed by atoms with Crippen molar-refractivity contribution in [1.82, 2.24) is 19.2 Å². The molecular formula is C20H26N4O3S. The van der Waals surface area contributed by atoms with Crippen molar-refractivity contribution in [2.45, 2.75) is 31.6 Å². The molecule has 0 bridgehead atoms. The highest BCUT2D eigenvalue weighted by molar-refractivity contribution is 7.99. The van der Waals surface area contributed by atoms with Gasteiger partial charge in [-0.1, -0.05) is 6.07 Å². The molecule has 0 radical (unpaired) electrons. The molecule has 2 saturated heterocycles. The molecule has 0 unspecified atom stereocenters. The fourth-order valence-corrected chi connectivity index (χ4v) is 4.52. The Labute approximate surface area is 169 Å². The maximum atomic E-state index is 12.5. The van der Waals surface area contributed by atoms with Gasteiger partial charge >= 0.3 is 0 Å². The van der Waals surface area contributed by atoms with E-state index >= 15 is 0 Å². The lowest BCUT2D eigenvalue weighted by Crippen LogP contribution is -2.53. The highest BCUT2D eigenvalue weighted by Gasteiger charge is 2.31. The van der Waals surface area contributed by atoms with Crippen molar-refractivity contribution < 1.29 is 14.3 Å². The summed E-state index contributed by atoms with van der Waals surface area (Å²) in [6, 6.07) is 4.05. The van der Waals surface area contributed by atoms with Gasteiger partial charge in [0.15, 0.2) is 0 Å². The predicted octanol–water partition coefficient (Wildman–Crippen LogP) is 1.73. The van der Waals surface area contributed by atoms with Crippen LogP contribution in [-0.4, -0.2) is 75.6 Å². The van der Waals surface area contributed by atoms with Crippen LogP contribution in [0.3, 0.4) is 0 Å². The number of rotatable bonds is 5. The molecule has 4 heterocycles. The number of amides is 2. The molecule has 0 saturated carbocycles. The molecule has 2 aromatic rings. The molecule has 2 aromatic heterocycles. The number of piperazine rings is 1. The van der Waals surface area contributed by atoms with Crippen LogP contribution in [0.5, 0.6) is 0 Å². The molecule has 0 aromatic carbocycles. The molecule has 150 valence electrons. The van der Waals surface area contributed by atoms with Crippen molar-refractivity contribution >= 4 is 29.2 Å². The average molecular weight is 403 g/mol. The van der Waals surface area contributed by atoms with Gasteiger partial charge < -0.3 is 18.9 Å². The van der Waals surface area contributed by atoms with Gasteiger partial charge in [-0.25, -0.2) is 4.98 Å². The topological polar surface area (TPSA) is 67.2 Å². The number of aromatic nitrogens is 2. The Morgan fingerprint density at radius 1 is 1.18 bits per heavy atom. The minimum Gasteiger partial charge on any atom is -0.368 e. The van der Waals surface area contributed by atoms with Crippen molar-refractivity contribution in [2.75, 3.05) is 38.5 Å². The first-order valence-electron chi connectivity index (χ1n) is 9.80. The summed E-state index contributed by atoms with van der Waals surface area (Å²) < 4.78 is 7.51. The number of hydrogen-bond acceptors (Lipinski definition) is 5. The molecule has 4 rings (SSSR count). The second-order valence-electron chi connectivity index (χ2n) is 7.40. The predicted molar refractivity (Wildman–Crippen MR) is 108 cm³/mol. The van der Waals surface area contributed by atoms with Gasteiger partial charge in [-0.2, -0.15) is 0 Å². The molecule has 8 heteroatoms. The molecule has 2 aliphatic heterocycles. The van der Waals surface area contributed by atoms with Crippen molar-refractivity contribution in [3.05, 3.63) is 35.8 Å². The summed E-state index contributed by atoms with van der Waals surface area (Å²) >= 11 is 1.59. The SMILES string of the molecule is Cc1ccc2nc(CSCC(=O)N3CCN(C(=O)[C@@H]4CCCO4)CC3)cn2c1. The van der Waals surface area contributed by atoms with Crippen LogP contribution in [0.25, 0.3) is 5.65 Å². The number of fused-ring (bicyclic) bond motifs is 1. The number of imidazole rings is 1. The summed E-state index contributed by atoms with van der Waals surface area (Å²) in [6.07, 6.45) is 5.58. The molecule has 2 fully saturated rings. The summed E-state index contributed by atoms with van der Waals surface area (Å²) in [5, 5.41) is 0. The lowest BCUT2D eigenvalue weighted by Gasteiger charge is -2.35. The molecule has 28 heavy (non-hydrogen) atoms. The highest BCUT2D eigenvalue weighted by atomic mass is 32.2. The van der Waals surface area contributed by atoms with Crippen LogP contribution in [0.2, 0.25) is 0 Å². The van der Waals surface area contributed by atoms with E-state index < -0.39 is 0 Å². The lowest BCUT2D eigenvalue weighted by molar-refractivity contribution is -0.145. The van der Waals surface area contributed by atoms with E-state index in [1.165, 1.54) is 5.56 Å². The van der Waals surface area contributed by atoms with E-state index in [1.807, 2.05) is 32.5 Å². The fraction of sp³-hybridized carbons (Fsp3) is 0.550. The third-order valence-corrected chi connectivity index (χ3v) is 6.22. The third-order valence-electron chi connectivity index (χ3n) is 5.27. The first kappa shape index (κ1) is 19.3. The minimum absolute atomic E-state index is 0.0843. The largest absolute Gasteiger partial charge is 0.368 e. The molecular weight excluding hydrogens is 376 g/mol. The Bertz CT molecular complexity index is 854. The first-order chi connectivity index (χ1) is 13.6. The Hall–Kier alpha value is -2.06. The third kappa shape index (κ3) is 4.33. The standard InChI is InChI=1S/C20H26N4O3S/c1-15-4-5-18-21-16(12-24(18)11-15)13-28-14-19(25)22-6-8-23(9-7-22)20(26)17-3-2-10-27-17/h4-5,11-12,17H,2-3,6-10,13-14H2,1H3/t17-/m0/s1. The molecule has 0 N–H and O–H groups in total. The number of aryl methyl sites for hydroxylation is 1. The Balaban J connectivity index is 1.21. The molecule has 0 spiro atoms. The molecule has 7 nitrogen and oxygen atoms in total. The van der Waals surface area contributed by atoms with Gasteiger partial charge in [-0.3, -0.25) is 9.59 Å². The number of thioether (sulfide) groups is 1. The van der Waals surface area contributed by atoms with Gasteiger partial charge in [0.1, 0.15) is 11.8 Å². The van der Waals surface area contributed by atoms with Gasteiger partial charge in [-0.15, -0.1) is 11.8 Å². The van der Waals surface area contributed by atoms with E-state index in [0.717, 1.165) is 24.2 Å². The van der Waals surface area contributed by atoms with Crippen molar-refractivity contribution in [2.24, 2.45) is 0 Å². The molecule has 2 amide bonds. The number of carbonyl (C=O) groups is 2.